The molecule has 13 heteroatoms. The van der Waals surface area contributed by atoms with Crippen LogP contribution in [0.15, 0.2) is 9.79 Å². The number of nitrogen functional groups attached to an aromatic ring is 1. The monoisotopic (exact) mass is 361 g/mol. The quantitative estimate of drug-likeness (QED) is 0.277. The van der Waals surface area contributed by atoms with Crippen molar-refractivity contribution >= 4 is 25.7 Å². The second-order valence-corrected chi connectivity index (χ2v) is 6.79. The summed E-state index contributed by atoms with van der Waals surface area (Å²) in [4.78, 5) is 39.5. The summed E-state index contributed by atoms with van der Waals surface area (Å²) in [5, 5.41) is 23.1. The van der Waals surface area contributed by atoms with E-state index >= 15 is 0 Å². The number of phosphoric ester groups is 1. The molecule has 2 aliphatic heterocycles. The van der Waals surface area contributed by atoms with E-state index < -0.39 is 50.2 Å². The maximum absolute atomic E-state index is 11.8. The van der Waals surface area contributed by atoms with Gasteiger partial charge < -0.3 is 31.1 Å². The minimum atomic E-state index is -4.71. The van der Waals surface area contributed by atoms with E-state index in [0.717, 1.165) is 0 Å². The molecule has 0 spiro atoms. The lowest BCUT2D eigenvalue weighted by atomic mass is 9.94. The topological polar surface area (TPSA) is 203 Å². The maximum atomic E-state index is 11.8. The van der Waals surface area contributed by atoms with Gasteiger partial charge in [0.2, 0.25) is 5.95 Å². The first-order chi connectivity index (χ1) is 11.2. The van der Waals surface area contributed by atoms with Gasteiger partial charge in [0.1, 0.15) is 0 Å². The fourth-order valence-corrected chi connectivity index (χ4v) is 3.24. The lowest BCUT2D eigenvalue weighted by molar-refractivity contribution is 0.0186. The highest BCUT2D eigenvalue weighted by molar-refractivity contribution is 7.46. The fraction of sp³-hybridized carbons (Fsp3) is 0.545. The molecule has 5 atom stereocenters. The van der Waals surface area contributed by atoms with Crippen LogP contribution in [0.5, 0.6) is 0 Å². The van der Waals surface area contributed by atoms with Gasteiger partial charge in [-0.3, -0.25) is 19.3 Å². The van der Waals surface area contributed by atoms with Gasteiger partial charge in [0.25, 0.3) is 5.56 Å². The number of anilines is 1. The Labute approximate surface area is 134 Å². The maximum Gasteiger partial charge on any atom is 0.469 e. The summed E-state index contributed by atoms with van der Waals surface area (Å²) in [6.07, 6.45) is -1.23. The van der Waals surface area contributed by atoms with Crippen LogP contribution in [0.4, 0.5) is 11.6 Å². The van der Waals surface area contributed by atoms with Crippen LogP contribution in [-0.4, -0.2) is 67.1 Å². The number of aromatic nitrogens is 2. The standard InChI is InChI=1S/C11H16N5O7P/c12-11-15-5-3(1-13-7(5)10(19)16-11)6-9(18)8(17)4(14-6)2-23-24(20,21)22/h1,3-4,6,8-9,14,17-18H,2H2,(H2,20,21,22)(H3,12,15,16,19)/t3?,4-,6+,8-,9+/m1/s1. The molecule has 8 N–H and O–H groups in total. The van der Waals surface area contributed by atoms with E-state index in [1.165, 1.54) is 6.21 Å². The number of aliphatic imine (C=N–C) groups is 1. The Kier molecular flexibility index (Phi) is 4.30. The van der Waals surface area contributed by atoms with Gasteiger partial charge in [0.05, 0.1) is 36.5 Å². The summed E-state index contributed by atoms with van der Waals surface area (Å²) in [5.41, 5.74) is 5.30. The minimum absolute atomic E-state index is 0.0626. The van der Waals surface area contributed by atoms with Gasteiger partial charge in [-0.1, -0.05) is 0 Å². The van der Waals surface area contributed by atoms with Crippen molar-refractivity contribution in [2.45, 2.75) is 30.2 Å². The number of aliphatic hydroxyl groups excluding tert-OH is 2. The van der Waals surface area contributed by atoms with Gasteiger partial charge in [-0.2, -0.15) is 0 Å². The van der Waals surface area contributed by atoms with Crippen LogP contribution in [0.1, 0.15) is 11.6 Å². The van der Waals surface area contributed by atoms with Gasteiger partial charge in [-0.05, 0) is 0 Å². The van der Waals surface area contributed by atoms with Crippen LogP contribution < -0.4 is 16.6 Å². The van der Waals surface area contributed by atoms with Gasteiger partial charge in [-0.15, -0.1) is 0 Å². The first-order valence-electron chi connectivity index (χ1n) is 6.93. The molecular weight excluding hydrogens is 345 g/mol. The van der Waals surface area contributed by atoms with Gasteiger partial charge in [0.15, 0.2) is 5.69 Å². The normalized spacial score (nSPS) is 32.2. The Bertz CT molecular complexity index is 777. The molecule has 12 nitrogen and oxygen atoms in total. The number of nitrogens with zero attached hydrogens (tertiary/aromatic N) is 2. The molecule has 0 bridgehead atoms. The molecule has 1 unspecified atom stereocenters. The molecule has 1 saturated heterocycles. The van der Waals surface area contributed by atoms with Crippen LogP contribution in [0.25, 0.3) is 0 Å². The second-order valence-electron chi connectivity index (χ2n) is 5.56. The number of H-pyrrole nitrogens is 1. The van der Waals surface area contributed by atoms with E-state index in [2.05, 4.69) is 24.8 Å². The molecule has 1 aromatic heterocycles. The average molecular weight is 361 g/mol. The molecule has 3 rings (SSSR count). The van der Waals surface area contributed by atoms with Crippen molar-refractivity contribution in [3.8, 4) is 0 Å². The Morgan fingerprint density at radius 3 is 2.71 bits per heavy atom. The Morgan fingerprint density at radius 2 is 2.04 bits per heavy atom. The van der Waals surface area contributed by atoms with Crippen molar-refractivity contribution in [3.63, 3.8) is 0 Å². The van der Waals surface area contributed by atoms with Crippen LogP contribution >= 0.6 is 7.82 Å². The highest BCUT2D eigenvalue weighted by Crippen LogP contribution is 2.38. The lowest BCUT2D eigenvalue weighted by Gasteiger charge is -2.21. The van der Waals surface area contributed by atoms with Gasteiger partial charge >= 0.3 is 7.82 Å². The molecule has 1 aromatic rings. The second kappa shape index (κ2) is 6.01. The summed E-state index contributed by atoms with van der Waals surface area (Å²) < 4.78 is 15.1. The molecule has 1 fully saturated rings. The van der Waals surface area contributed by atoms with Gasteiger partial charge in [-0.25, -0.2) is 9.55 Å². The van der Waals surface area contributed by atoms with E-state index in [1.54, 1.807) is 0 Å². The smallest absolute Gasteiger partial charge is 0.389 e. The molecule has 2 aliphatic rings. The first kappa shape index (κ1) is 17.2. The van der Waals surface area contributed by atoms with Crippen LogP contribution in [0.3, 0.4) is 0 Å². The molecular formula is C11H16N5O7P. The summed E-state index contributed by atoms with van der Waals surface area (Å²) in [5.74, 6) is -0.752. The molecule has 0 aromatic carbocycles. The molecule has 0 radical (unpaired) electrons. The molecule has 0 aliphatic carbocycles. The highest BCUT2D eigenvalue weighted by atomic mass is 31.2. The van der Waals surface area contributed by atoms with Crippen LogP contribution in [0.2, 0.25) is 0 Å². The number of phosphoric acid groups is 1. The number of rotatable bonds is 4. The van der Waals surface area contributed by atoms with E-state index in [1.807, 2.05) is 0 Å². The average Bonchev–Trinajstić information content (AvgIpc) is 3.00. The molecule has 132 valence electrons. The number of hydrogen-bond acceptors (Lipinski definition) is 9. The van der Waals surface area contributed by atoms with E-state index in [9.17, 15) is 19.6 Å². The Hall–Kier alpha value is -1.66. The number of fused-ring (bicyclic) bond motifs is 1. The van der Waals surface area contributed by atoms with Crippen molar-refractivity contribution in [2.75, 3.05) is 12.3 Å². The predicted molar refractivity (Wildman–Crippen MR) is 80.9 cm³/mol. The SMILES string of the molecule is Nc1nc2c(c(=O)[nH]1)N=CC2[C@@H]1N[C@H](COP(=O)(O)O)[C@@H](O)[C@H]1O. The summed E-state index contributed by atoms with van der Waals surface area (Å²) in [6, 6.07) is -1.71. The molecule has 24 heavy (non-hydrogen) atoms. The largest absolute Gasteiger partial charge is 0.469 e. The third-order valence-corrected chi connectivity index (χ3v) is 4.45. The zero-order valence-electron chi connectivity index (χ0n) is 12.1. The number of nitrogens with two attached hydrogens (primary N) is 1. The van der Waals surface area contributed by atoms with E-state index in [0.29, 0.717) is 0 Å². The molecule has 0 saturated carbocycles. The van der Waals surface area contributed by atoms with Crippen molar-refractivity contribution in [3.05, 3.63) is 16.0 Å². The zero-order chi connectivity index (χ0) is 17.6. The fourth-order valence-electron chi connectivity index (χ4n) is 2.88. The first-order valence-corrected chi connectivity index (χ1v) is 8.46. The number of nitrogens with one attached hydrogen (secondary N) is 2. The van der Waals surface area contributed by atoms with E-state index in [-0.39, 0.29) is 17.3 Å². The minimum Gasteiger partial charge on any atom is -0.389 e. The van der Waals surface area contributed by atoms with Crippen LogP contribution in [-0.2, 0) is 9.09 Å². The lowest BCUT2D eigenvalue weighted by Crippen LogP contribution is -2.40. The predicted octanol–water partition coefficient (Wildman–Crippen LogP) is -2.68. The van der Waals surface area contributed by atoms with Crippen LogP contribution in [0, 0.1) is 0 Å². The molecule has 0 amide bonds. The highest BCUT2D eigenvalue weighted by Gasteiger charge is 2.47. The van der Waals surface area contributed by atoms with Crippen molar-refractivity contribution in [1.29, 1.82) is 0 Å². The zero-order valence-corrected chi connectivity index (χ0v) is 13.0. The number of aliphatic hydroxyl groups is 2. The molecule has 3 heterocycles. The number of hydrogen-bond donors (Lipinski definition) is 7. The number of aromatic amines is 1. The summed E-state index contributed by atoms with van der Waals surface area (Å²) in [7, 11) is -4.71. The van der Waals surface area contributed by atoms with Crippen molar-refractivity contribution in [1.82, 2.24) is 15.3 Å². The third kappa shape index (κ3) is 3.13. The summed E-state index contributed by atoms with van der Waals surface area (Å²) >= 11 is 0. The van der Waals surface area contributed by atoms with E-state index in [4.69, 9.17) is 15.5 Å². The van der Waals surface area contributed by atoms with Crippen molar-refractivity contribution in [2.24, 2.45) is 4.99 Å². The van der Waals surface area contributed by atoms with Crippen molar-refractivity contribution < 1.29 is 29.1 Å². The Balaban J connectivity index is 1.81. The van der Waals surface area contributed by atoms with Gasteiger partial charge in [0, 0.05) is 12.3 Å². The Morgan fingerprint density at radius 1 is 1.33 bits per heavy atom. The third-order valence-electron chi connectivity index (χ3n) is 3.97. The summed E-state index contributed by atoms with van der Waals surface area (Å²) in [6.45, 7) is -0.513.